The Morgan fingerprint density at radius 3 is 2.54 bits per heavy atom. The molecule has 3 aromatic rings. The fourth-order valence-electron chi connectivity index (χ4n) is 3.32. The minimum Gasteiger partial charge on any atom is -0.333 e. The summed E-state index contributed by atoms with van der Waals surface area (Å²) in [4.78, 5) is 22.4. The molecule has 0 fully saturated rings. The molecular weight excluding hydrogens is 348 g/mol. The fraction of sp³-hybridized carbons (Fsp3) is 0.0435. The molecule has 0 bridgehead atoms. The van der Waals surface area contributed by atoms with Crippen molar-refractivity contribution in [2.45, 2.75) is 6.04 Å². The van der Waals surface area contributed by atoms with E-state index in [9.17, 15) is 10.1 Å². The molecule has 2 heterocycles. The van der Waals surface area contributed by atoms with E-state index in [4.69, 9.17) is 0 Å². The number of para-hydroxylation sites is 1. The highest BCUT2D eigenvalue weighted by Gasteiger charge is 2.28. The number of allylic oxidation sites excluding steroid dienone is 2. The second-order valence-electron chi connectivity index (χ2n) is 6.26. The smallest absolute Gasteiger partial charge is 0.147 e. The predicted molar refractivity (Wildman–Crippen MR) is 108 cm³/mol. The van der Waals surface area contributed by atoms with Gasteiger partial charge in [-0.25, -0.2) is 9.97 Å². The lowest BCUT2D eigenvalue weighted by atomic mass is 9.89. The van der Waals surface area contributed by atoms with E-state index >= 15 is 0 Å². The van der Waals surface area contributed by atoms with Crippen molar-refractivity contribution in [3.63, 3.8) is 0 Å². The van der Waals surface area contributed by atoms with Crippen LogP contribution in [0.4, 0.5) is 5.69 Å². The van der Waals surface area contributed by atoms with Crippen LogP contribution >= 0.6 is 0 Å². The first-order chi connectivity index (χ1) is 13.8. The molecule has 2 aromatic carbocycles. The van der Waals surface area contributed by atoms with Gasteiger partial charge in [-0.15, -0.1) is 0 Å². The zero-order valence-electron chi connectivity index (χ0n) is 14.9. The van der Waals surface area contributed by atoms with E-state index < -0.39 is 6.04 Å². The lowest BCUT2D eigenvalue weighted by Crippen LogP contribution is -2.35. The third kappa shape index (κ3) is 3.19. The highest BCUT2D eigenvalue weighted by Crippen LogP contribution is 2.35. The molecule has 5 nitrogen and oxygen atoms in total. The fourth-order valence-corrected chi connectivity index (χ4v) is 3.32. The monoisotopic (exact) mass is 364 g/mol. The normalized spacial score (nSPS) is 16.0. The Kier molecular flexibility index (Phi) is 4.77. The largest absolute Gasteiger partial charge is 0.333 e. The van der Waals surface area contributed by atoms with Crippen LogP contribution in [0.2, 0.25) is 0 Å². The first-order valence-electron chi connectivity index (χ1n) is 8.80. The highest BCUT2D eigenvalue weighted by molar-refractivity contribution is 5.99. The molecule has 1 aliphatic heterocycles. The number of hydrogen-bond acceptors (Lipinski definition) is 5. The third-order valence-corrected chi connectivity index (χ3v) is 4.63. The zero-order chi connectivity index (χ0) is 19.3. The molecule has 0 radical (unpaired) electrons. The van der Waals surface area contributed by atoms with E-state index in [1.807, 2.05) is 71.8 Å². The minimum atomic E-state index is -0.553. The maximum Gasteiger partial charge on any atom is 0.147 e. The van der Waals surface area contributed by atoms with Crippen LogP contribution in [-0.4, -0.2) is 22.3 Å². The quantitative estimate of drug-likeness (QED) is 0.658. The zero-order valence-corrected chi connectivity index (χ0v) is 14.9. The topological polar surface area (TPSA) is 69.9 Å². The van der Waals surface area contributed by atoms with Crippen LogP contribution in [0.25, 0.3) is 11.1 Å². The van der Waals surface area contributed by atoms with Crippen LogP contribution in [0.5, 0.6) is 0 Å². The van der Waals surface area contributed by atoms with Gasteiger partial charge in [0.2, 0.25) is 0 Å². The van der Waals surface area contributed by atoms with Crippen molar-refractivity contribution >= 4 is 23.1 Å². The van der Waals surface area contributed by atoms with Crippen LogP contribution in [0, 0.1) is 11.3 Å². The Morgan fingerprint density at radius 1 is 1.04 bits per heavy atom. The van der Waals surface area contributed by atoms with E-state index in [1.165, 1.54) is 6.33 Å². The first kappa shape index (κ1) is 17.4. The Hall–Kier alpha value is -4.04. The first-order valence-corrected chi connectivity index (χ1v) is 8.80. The Morgan fingerprint density at radius 2 is 1.82 bits per heavy atom. The van der Waals surface area contributed by atoms with Gasteiger partial charge in [-0.1, -0.05) is 36.4 Å². The number of carbonyl (C=O) groups is 1. The van der Waals surface area contributed by atoms with Gasteiger partial charge in [0.1, 0.15) is 18.7 Å². The molecule has 1 aromatic heterocycles. The number of anilines is 1. The Labute approximate surface area is 162 Å². The predicted octanol–water partition coefficient (Wildman–Crippen LogP) is 3.86. The van der Waals surface area contributed by atoms with Gasteiger partial charge in [-0.05, 0) is 41.5 Å². The van der Waals surface area contributed by atoms with Gasteiger partial charge < -0.3 is 9.69 Å². The lowest BCUT2D eigenvalue weighted by Gasteiger charge is -2.33. The van der Waals surface area contributed by atoms with Crippen LogP contribution in [0.3, 0.4) is 0 Å². The van der Waals surface area contributed by atoms with Crippen molar-refractivity contribution in [2.75, 3.05) is 4.90 Å². The average Bonchev–Trinajstić information content (AvgIpc) is 2.79. The SMILES string of the molecule is N#Cc1ccccc1C1=CC(c2ccncn2)=CN(c2ccccc2)C1C=O. The summed E-state index contributed by atoms with van der Waals surface area (Å²) in [5.74, 6) is 0. The van der Waals surface area contributed by atoms with Gasteiger partial charge in [0, 0.05) is 23.7 Å². The molecule has 0 aliphatic carbocycles. The molecule has 1 aliphatic rings. The van der Waals surface area contributed by atoms with E-state index in [0.29, 0.717) is 5.56 Å². The number of hydrogen-bond donors (Lipinski definition) is 0. The van der Waals surface area contributed by atoms with Gasteiger partial charge in [0.15, 0.2) is 0 Å². The number of rotatable bonds is 4. The molecule has 28 heavy (non-hydrogen) atoms. The molecule has 1 unspecified atom stereocenters. The van der Waals surface area contributed by atoms with Crippen molar-refractivity contribution in [2.24, 2.45) is 0 Å². The average molecular weight is 364 g/mol. The van der Waals surface area contributed by atoms with Crippen LogP contribution in [0.15, 0.2) is 85.5 Å². The number of nitriles is 1. The van der Waals surface area contributed by atoms with Crippen LogP contribution in [0.1, 0.15) is 16.8 Å². The summed E-state index contributed by atoms with van der Waals surface area (Å²) in [6.45, 7) is 0. The number of aldehydes is 1. The van der Waals surface area contributed by atoms with Crippen molar-refractivity contribution in [3.8, 4) is 6.07 Å². The number of carbonyl (C=O) groups excluding carboxylic acids is 1. The van der Waals surface area contributed by atoms with Crippen molar-refractivity contribution in [3.05, 3.63) is 102 Å². The molecule has 0 saturated carbocycles. The van der Waals surface area contributed by atoms with E-state index in [0.717, 1.165) is 34.4 Å². The van der Waals surface area contributed by atoms with Gasteiger partial charge in [0.05, 0.1) is 17.3 Å². The highest BCUT2D eigenvalue weighted by atomic mass is 16.1. The van der Waals surface area contributed by atoms with Crippen molar-refractivity contribution in [1.29, 1.82) is 5.26 Å². The molecule has 0 amide bonds. The molecule has 0 N–H and O–H groups in total. The summed E-state index contributed by atoms with van der Waals surface area (Å²) in [5.41, 5.74) is 4.48. The van der Waals surface area contributed by atoms with Crippen LogP contribution < -0.4 is 4.90 Å². The standard InChI is InChI=1S/C23H16N4O/c24-13-17-6-4-5-9-20(17)21-12-18(22-10-11-25-16-26-22)14-27(23(21)15-28)19-7-2-1-3-8-19/h1-12,14-16,23H. The van der Waals surface area contributed by atoms with Gasteiger partial charge in [0.25, 0.3) is 0 Å². The maximum atomic E-state index is 12.1. The molecule has 4 rings (SSSR count). The molecular formula is C23H16N4O. The summed E-state index contributed by atoms with van der Waals surface area (Å²) in [5, 5.41) is 9.56. The summed E-state index contributed by atoms with van der Waals surface area (Å²) < 4.78 is 0. The molecule has 1 atom stereocenters. The Bertz CT molecular complexity index is 1100. The van der Waals surface area contributed by atoms with Crippen LogP contribution in [-0.2, 0) is 4.79 Å². The van der Waals surface area contributed by atoms with Gasteiger partial charge in [-0.2, -0.15) is 5.26 Å². The van der Waals surface area contributed by atoms with Crippen molar-refractivity contribution in [1.82, 2.24) is 9.97 Å². The van der Waals surface area contributed by atoms with Crippen molar-refractivity contribution < 1.29 is 4.79 Å². The summed E-state index contributed by atoms with van der Waals surface area (Å²) in [6.07, 6.45) is 7.91. The third-order valence-electron chi connectivity index (χ3n) is 4.63. The summed E-state index contributed by atoms with van der Waals surface area (Å²) in [6, 6.07) is 20.5. The van der Waals surface area contributed by atoms with E-state index in [-0.39, 0.29) is 0 Å². The second-order valence-corrected chi connectivity index (χ2v) is 6.26. The second kappa shape index (κ2) is 7.68. The number of nitrogens with zero attached hydrogens (tertiary/aromatic N) is 4. The lowest BCUT2D eigenvalue weighted by molar-refractivity contribution is -0.107. The molecule has 134 valence electrons. The number of aromatic nitrogens is 2. The maximum absolute atomic E-state index is 12.1. The van der Waals surface area contributed by atoms with E-state index in [2.05, 4.69) is 16.0 Å². The summed E-state index contributed by atoms with van der Waals surface area (Å²) >= 11 is 0. The summed E-state index contributed by atoms with van der Waals surface area (Å²) in [7, 11) is 0. The molecule has 5 heteroatoms. The molecule has 0 spiro atoms. The van der Waals surface area contributed by atoms with E-state index in [1.54, 1.807) is 12.3 Å². The van der Waals surface area contributed by atoms with Gasteiger partial charge in [-0.3, -0.25) is 0 Å². The minimum absolute atomic E-state index is 0.526. The number of benzene rings is 2. The Balaban J connectivity index is 1.93. The molecule has 0 saturated heterocycles. The van der Waals surface area contributed by atoms with Gasteiger partial charge >= 0.3 is 0 Å².